The predicted molar refractivity (Wildman–Crippen MR) is 111 cm³/mol. The SMILES string of the molecule is Cc1cc(C)c2c(N)c(C(=O)OCC(=O)NC3CCOc4ccccc43)sc2n1. The van der Waals surface area contributed by atoms with Crippen molar-refractivity contribution in [2.45, 2.75) is 26.3 Å². The van der Waals surface area contributed by atoms with Crippen molar-refractivity contribution in [2.75, 3.05) is 18.9 Å². The van der Waals surface area contributed by atoms with Crippen molar-refractivity contribution in [1.82, 2.24) is 10.3 Å². The monoisotopic (exact) mass is 411 g/mol. The van der Waals surface area contributed by atoms with Crippen LogP contribution in [0.25, 0.3) is 10.2 Å². The molecule has 1 unspecified atom stereocenters. The Morgan fingerprint density at radius 3 is 2.97 bits per heavy atom. The number of para-hydroxylation sites is 1. The first-order valence-electron chi connectivity index (χ1n) is 9.28. The summed E-state index contributed by atoms with van der Waals surface area (Å²) in [5.74, 6) is -0.229. The van der Waals surface area contributed by atoms with E-state index in [1.165, 1.54) is 11.3 Å². The standard InChI is InChI=1S/C21H21N3O4S/c1-11-9-12(2)23-20-17(11)18(22)19(29-20)21(26)28-10-16(25)24-14-7-8-27-15-6-4-3-5-13(14)15/h3-6,9,14H,7-8,10,22H2,1-2H3,(H,24,25). The van der Waals surface area contributed by atoms with Crippen LogP contribution < -0.4 is 15.8 Å². The van der Waals surface area contributed by atoms with Gasteiger partial charge in [0.1, 0.15) is 15.5 Å². The van der Waals surface area contributed by atoms with Gasteiger partial charge in [-0.15, -0.1) is 11.3 Å². The molecule has 1 aliphatic rings. The molecule has 150 valence electrons. The highest BCUT2D eigenvalue weighted by molar-refractivity contribution is 7.21. The van der Waals surface area contributed by atoms with Gasteiger partial charge in [-0.2, -0.15) is 0 Å². The lowest BCUT2D eigenvalue weighted by Crippen LogP contribution is -2.35. The Morgan fingerprint density at radius 1 is 1.34 bits per heavy atom. The summed E-state index contributed by atoms with van der Waals surface area (Å²) in [5, 5.41) is 3.66. The second-order valence-corrected chi connectivity index (χ2v) is 7.98. The number of aryl methyl sites for hydroxylation is 2. The molecule has 2 aromatic heterocycles. The molecule has 1 atom stereocenters. The van der Waals surface area contributed by atoms with Gasteiger partial charge < -0.3 is 20.5 Å². The first kappa shape index (κ1) is 19.2. The van der Waals surface area contributed by atoms with Crippen molar-refractivity contribution in [1.29, 1.82) is 0 Å². The molecule has 0 radical (unpaired) electrons. The van der Waals surface area contributed by atoms with Crippen LogP contribution in [0, 0.1) is 13.8 Å². The van der Waals surface area contributed by atoms with Gasteiger partial charge in [0.25, 0.3) is 5.91 Å². The molecule has 0 saturated heterocycles. The number of thiophene rings is 1. The number of anilines is 1. The van der Waals surface area contributed by atoms with Crippen molar-refractivity contribution in [3.63, 3.8) is 0 Å². The van der Waals surface area contributed by atoms with Crippen molar-refractivity contribution >= 4 is 39.1 Å². The first-order valence-corrected chi connectivity index (χ1v) is 10.1. The first-order chi connectivity index (χ1) is 13.9. The Kier molecular flexibility index (Phi) is 5.10. The summed E-state index contributed by atoms with van der Waals surface area (Å²) in [7, 11) is 0. The van der Waals surface area contributed by atoms with Gasteiger partial charge in [0.15, 0.2) is 6.61 Å². The summed E-state index contributed by atoms with van der Waals surface area (Å²) in [6.45, 7) is 3.96. The van der Waals surface area contributed by atoms with Crippen LogP contribution >= 0.6 is 11.3 Å². The Balaban J connectivity index is 1.43. The number of nitrogens with zero attached hydrogens (tertiary/aromatic N) is 1. The largest absolute Gasteiger partial charge is 0.493 e. The van der Waals surface area contributed by atoms with Gasteiger partial charge >= 0.3 is 5.97 Å². The number of nitrogens with one attached hydrogen (secondary N) is 1. The number of hydrogen-bond acceptors (Lipinski definition) is 7. The predicted octanol–water partition coefficient (Wildman–Crippen LogP) is 3.29. The number of carbonyl (C=O) groups excluding carboxylic acids is 2. The molecule has 3 heterocycles. The number of aromatic nitrogens is 1. The van der Waals surface area contributed by atoms with Crippen molar-refractivity contribution in [2.24, 2.45) is 0 Å². The van der Waals surface area contributed by atoms with Crippen LogP contribution in [0.1, 0.15) is 39.0 Å². The van der Waals surface area contributed by atoms with Gasteiger partial charge in [-0.1, -0.05) is 18.2 Å². The number of amides is 1. The number of nitrogen functional groups attached to an aromatic ring is 1. The van der Waals surface area contributed by atoms with E-state index < -0.39 is 5.97 Å². The van der Waals surface area contributed by atoms with Crippen LogP contribution in [0.15, 0.2) is 30.3 Å². The van der Waals surface area contributed by atoms with Crippen LogP contribution in [0.5, 0.6) is 5.75 Å². The minimum atomic E-state index is -0.620. The summed E-state index contributed by atoms with van der Waals surface area (Å²) in [6.07, 6.45) is 0.657. The third-order valence-electron chi connectivity index (χ3n) is 4.84. The number of ether oxygens (including phenoxy) is 2. The minimum absolute atomic E-state index is 0.171. The smallest absolute Gasteiger partial charge is 0.351 e. The lowest BCUT2D eigenvalue weighted by molar-refractivity contribution is -0.125. The van der Waals surface area contributed by atoms with Crippen LogP contribution in [-0.4, -0.2) is 30.1 Å². The number of pyridine rings is 1. The second-order valence-electron chi connectivity index (χ2n) is 6.98. The molecule has 0 bridgehead atoms. The van der Waals surface area contributed by atoms with Crippen LogP contribution in [0.3, 0.4) is 0 Å². The fraction of sp³-hybridized carbons (Fsp3) is 0.286. The molecule has 1 amide bonds. The molecule has 0 aliphatic carbocycles. The normalized spacial score (nSPS) is 15.4. The van der Waals surface area contributed by atoms with Crippen LogP contribution in [0.2, 0.25) is 0 Å². The molecule has 0 spiro atoms. The number of nitrogens with two attached hydrogens (primary N) is 1. The second kappa shape index (κ2) is 7.71. The molecule has 0 saturated carbocycles. The van der Waals surface area contributed by atoms with E-state index >= 15 is 0 Å². The molecular weight excluding hydrogens is 390 g/mol. The average molecular weight is 411 g/mol. The number of hydrogen-bond donors (Lipinski definition) is 2. The van der Waals surface area contributed by atoms with Gasteiger partial charge in [-0.25, -0.2) is 9.78 Å². The van der Waals surface area contributed by atoms with Crippen LogP contribution in [-0.2, 0) is 9.53 Å². The Hall–Kier alpha value is -3.13. The maximum absolute atomic E-state index is 12.5. The maximum atomic E-state index is 12.5. The molecule has 29 heavy (non-hydrogen) atoms. The highest BCUT2D eigenvalue weighted by atomic mass is 32.1. The van der Waals surface area contributed by atoms with E-state index in [1.54, 1.807) is 0 Å². The summed E-state index contributed by atoms with van der Waals surface area (Å²) < 4.78 is 10.8. The molecule has 0 fully saturated rings. The number of esters is 1. The minimum Gasteiger partial charge on any atom is -0.493 e. The van der Waals surface area contributed by atoms with E-state index in [-0.39, 0.29) is 23.4 Å². The summed E-state index contributed by atoms with van der Waals surface area (Å²) in [5.41, 5.74) is 9.23. The van der Waals surface area contributed by atoms with Gasteiger partial charge in [0.2, 0.25) is 0 Å². The average Bonchev–Trinajstić information content (AvgIpc) is 3.03. The lowest BCUT2D eigenvalue weighted by Gasteiger charge is -2.26. The highest BCUT2D eigenvalue weighted by Gasteiger charge is 2.24. The Labute approximate surface area is 171 Å². The molecular formula is C21H21N3O4S. The number of benzene rings is 1. The van der Waals surface area contributed by atoms with E-state index in [9.17, 15) is 9.59 Å². The van der Waals surface area contributed by atoms with Gasteiger partial charge in [-0.3, -0.25) is 4.79 Å². The lowest BCUT2D eigenvalue weighted by atomic mass is 10.0. The topological polar surface area (TPSA) is 104 Å². The number of carbonyl (C=O) groups is 2. The third kappa shape index (κ3) is 3.75. The fourth-order valence-corrected chi connectivity index (χ4v) is 4.66. The zero-order valence-corrected chi connectivity index (χ0v) is 17.0. The van der Waals surface area contributed by atoms with E-state index in [4.69, 9.17) is 15.2 Å². The maximum Gasteiger partial charge on any atom is 0.351 e. The highest BCUT2D eigenvalue weighted by Crippen LogP contribution is 2.35. The van der Waals surface area contributed by atoms with Crippen molar-refractivity contribution < 1.29 is 19.1 Å². The van der Waals surface area contributed by atoms with E-state index in [0.29, 0.717) is 23.5 Å². The van der Waals surface area contributed by atoms with E-state index in [1.807, 2.05) is 44.2 Å². The third-order valence-corrected chi connectivity index (χ3v) is 5.92. The Morgan fingerprint density at radius 2 is 2.14 bits per heavy atom. The molecule has 1 aromatic carbocycles. The molecule has 3 aromatic rings. The number of rotatable bonds is 4. The molecule has 1 aliphatic heterocycles. The zero-order chi connectivity index (χ0) is 20.5. The molecule has 4 rings (SSSR count). The number of fused-ring (bicyclic) bond motifs is 2. The zero-order valence-electron chi connectivity index (χ0n) is 16.2. The van der Waals surface area contributed by atoms with E-state index in [0.717, 1.165) is 28.0 Å². The van der Waals surface area contributed by atoms with Gasteiger partial charge in [-0.05, 0) is 31.5 Å². The summed E-state index contributed by atoms with van der Waals surface area (Å²) in [4.78, 5) is 30.2. The van der Waals surface area contributed by atoms with Crippen molar-refractivity contribution in [3.05, 3.63) is 52.0 Å². The summed E-state index contributed by atoms with van der Waals surface area (Å²) >= 11 is 1.18. The molecule has 8 heteroatoms. The van der Waals surface area contributed by atoms with E-state index in [2.05, 4.69) is 10.3 Å². The summed E-state index contributed by atoms with van der Waals surface area (Å²) in [6, 6.07) is 9.32. The Bertz CT molecular complexity index is 1110. The molecule has 7 nitrogen and oxygen atoms in total. The fourth-order valence-electron chi connectivity index (χ4n) is 3.55. The van der Waals surface area contributed by atoms with Gasteiger partial charge in [0.05, 0.1) is 18.3 Å². The van der Waals surface area contributed by atoms with Crippen LogP contribution in [0.4, 0.5) is 5.69 Å². The quantitative estimate of drug-likeness (QED) is 0.639. The van der Waals surface area contributed by atoms with Gasteiger partial charge in [0, 0.05) is 23.1 Å². The molecule has 3 N–H and O–H groups in total. The van der Waals surface area contributed by atoms with Crippen molar-refractivity contribution in [3.8, 4) is 5.75 Å².